The van der Waals surface area contributed by atoms with E-state index in [-0.39, 0.29) is 28.1 Å². The SMILES string of the molecule is CS(=O)(=O)/N=C(N)/C=C/SC1=C(C(=O)O)N2C(=O)C(NC(=O)/C(=N\O)c3csc(N)n3)[C@H]2SC1. The van der Waals surface area contributed by atoms with Gasteiger partial charge in [0, 0.05) is 16.0 Å². The molecule has 1 saturated heterocycles. The molecule has 182 valence electrons. The van der Waals surface area contributed by atoms with Gasteiger partial charge in [-0.05, 0) is 11.5 Å². The Morgan fingerprint density at radius 2 is 2.15 bits per heavy atom. The fourth-order valence-corrected chi connectivity index (χ4v) is 6.24. The molecule has 3 heterocycles. The number of carbonyl (C=O) groups is 3. The monoisotopic (exact) mass is 547 g/mol. The Morgan fingerprint density at radius 3 is 2.71 bits per heavy atom. The number of hydrogen-bond donors (Lipinski definition) is 5. The second kappa shape index (κ2) is 10.0. The zero-order valence-electron chi connectivity index (χ0n) is 17.1. The van der Waals surface area contributed by atoms with Crippen molar-refractivity contribution in [3.05, 3.63) is 33.2 Å². The molecule has 34 heavy (non-hydrogen) atoms. The molecule has 0 bridgehead atoms. The third-order valence-electron chi connectivity index (χ3n) is 4.22. The number of carboxylic acid groups (broad SMARTS) is 1. The van der Waals surface area contributed by atoms with E-state index in [1.807, 2.05) is 0 Å². The van der Waals surface area contributed by atoms with Crippen LogP contribution in [0.25, 0.3) is 0 Å². The van der Waals surface area contributed by atoms with Crippen molar-refractivity contribution in [2.75, 3.05) is 17.7 Å². The van der Waals surface area contributed by atoms with E-state index in [1.165, 1.54) is 28.6 Å². The van der Waals surface area contributed by atoms with E-state index in [0.29, 0.717) is 4.91 Å². The molecule has 0 aromatic carbocycles. The summed E-state index contributed by atoms with van der Waals surface area (Å²) in [5.41, 5.74) is 10.3. The third kappa shape index (κ3) is 5.51. The van der Waals surface area contributed by atoms with Crippen molar-refractivity contribution >= 4 is 79.3 Å². The molecule has 14 nitrogen and oxygen atoms in total. The summed E-state index contributed by atoms with van der Waals surface area (Å²) in [6.07, 6.45) is 2.06. The fourth-order valence-electron chi connectivity index (χ4n) is 2.91. The van der Waals surface area contributed by atoms with Gasteiger partial charge >= 0.3 is 5.97 Å². The van der Waals surface area contributed by atoms with Crippen molar-refractivity contribution < 1.29 is 33.1 Å². The van der Waals surface area contributed by atoms with Crippen LogP contribution in [0.5, 0.6) is 0 Å². The summed E-state index contributed by atoms with van der Waals surface area (Å²) in [5.74, 6) is -3.01. The molecule has 1 aromatic rings. The number of oxime groups is 1. The summed E-state index contributed by atoms with van der Waals surface area (Å²) in [6.45, 7) is 0. The fraction of sp³-hybridized carbons (Fsp3) is 0.250. The number of aromatic nitrogens is 1. The predicted molar refractivity (Wildman–Crippen MR) is 128 cm³/mol. The molecule has 0 radical (unpaired) electrons. The van der Waals surface area contributed by atoms with Gasteiger partial charge in [-0.15, -0.1) is 27.5 Å². The van der Waals surface area contributed by atoms with E-state index < -0.39 is 44.9 Å². The summed E-state index contributed by atoms with van der Waals surface area (Å²) in [5, 5.41) is 26.4. The van der Waals surface area contributed by atoms with Gasteiger partial charge in [0.15, 0.2) is 10.8 Å². The number of aliphatic carboxylic acids is 1. The summed E-state index contributed by atoms with van der Waals surface area (Å²) < 4.78 is 25.5. The molecule has 1 aromatic heterocycles. The van der Waals surface area contributed by atoms with Gasteiger partial charge in [0.1, 0.15) is 28.6 Å². The highest BCUT2D eigenvalue weighted by Gasteiger charge is 2.54. The first kappa shape index (κ1) is 25.5. The number of nitrogens with zero attached hydrogens (tertiary/aromatic N) is 4. The van der Waals surface area contributed by atoms with Crippen LogP contribution < -0.4 is 16.8 Å². The summed E-state index contributed by atoms with van der Waals surface area (Å²) in [7, 11) is -3.69. The normalized spacial score (nSPS) is 21.4. The average Bonchev–Trinajstić information content (AvgIpc) is 3.16. The van der Waals surface area contributed by atoms with E-state index in [2.05, 4.69) is 19.9 Å². The molecule has 2 amide bonds. The van der Waals surface area contributed by atoms with E-state index in [0.717, 1.165) is 34.3 Å². The van der Waals surface area contributed by atoms with Gasteiger partial charge in [-0.3, -0.25) is 14.5 Å². The Morgan fingerprint density at radius 1 is 1.44 bits per heavy atom. The highest BCUT2D eigenvalue weighted by molar-refractivity contribution is 8.08. The van der Waals surface area contributed by atoms with Crippen molar-refractivity contribution in [3.8, 4) is 0 Å². The number of thiazole rings is 1. The molecular weight excluding hydrogens is 530 g/mol. The van der Waals surface area contributed by atoms with E-state index in [9.17, 15) is 33.1 Å². The standard InChI is InChI=1S/C16H17N7O7S4/c1-34(29,30)22-8(17)2-3-31-7-5-32-14-10(13(25)23(14)11(7)15(26)27)20-12(24)9(21-28)6-4-33-16(18)19-6/h2-4,10,14,28H,5H2,1H3,(H2,17,22)(H2,18,19)(H,20,24)(H,26,27)/b3-2+,21-9-/t10?,14-/m1/s1. The van der Waals surface area contributed by atoms with Crippen molar-refractivity contribution in [2.24, 2.45) is 15.3 Å². The zero-order chi connectivity index (χ0) is 25.2. The Kier molecular flexibility index (Phi) is 7.54. The minimum absolute atomic E-state index is 0.0257. The van der Waals surface area contributed by atoms with Crippen molar-refractivity contribution in [1.82, 2.24) is 15.2 Å². The number of carboxylic acids is 1. The summed E-state index contributed by atoms with van der Waals surface area (Å²) in [4.78, 5) is 42.3. The van der Waals surface area contributed by atoms with Crippen LogP contribution in [-0.4, -0.2) is 81.4 Å². The molecule has 2 aliphatic heterocycles. The second-order valence-corrected chi connectivity index (χ2v) is 11.3. The maximum absolute atomic E-state index is 12.7. The number of thioether (sulfide) groups is 2. The Bertz CT molecular complexity index is 1270. The largest absolute Gasteiger partial charge is 0.477 e. The number of carbonyl (C=O) groups excluding carboxylic acids is 2. The first-order valence-corrected chi connectivity index (χ1v) is 13.6. The maximum atomic E-state index is 12.7. The van der Waals surface area contributed by atoms with Crippen LogP contribution >= 0.6 is 34.9 Å². The van der Waals surface area contributed by atoms with E-state index >= 15 is 0 Å². The number of hydrogen-bond acceptors (Lipinski definition) is 12. The first-order valence-electron chi connectivity index (χ1n) is 8.97. The topological polar surface area (TPSA) is 231 Å². The molecule has 7 N–H and O–H groups in total. The molecule has 3 rings (SSSR count). The van der Waals surface area contributed by atoms with Crippen molar-refractivity contribution in [1.29, 1.82) is 0 Å². The van der Waals surface area contributed by atoms with E-state index in [1.54, 1.807) is 0 Å². The molecule has 2 atom stereocenters. The van der Waals surface area contributed by atoms with Crippen molar-refractivity contribution in [2.45, 2.75) is 11.4 Å². The molecule has 0 spiro atoms. The molecule has 1 fully saturated rings. The van der Waals surface area contributed by atoms with E-state index in [4.69, 9.17) is 11.5 Å². The Balaban J connectivity index is 1.74. The summed E-state index contributed by atoms with van der Waals surface area (Å²) in [6, 6.07) is -1.06. The Labute approximate surface area is 204 Å². The van der Waals surface area contributed by atoms with Crippen LogP contribution in [0, 0.1) is 0 Å². The van der Waals surface area contributed by atoms with Crippen LogP contribution in [0.2, 0.25) is 0 Å². The quantitative estimate of drug-likeness (QED) is 0.0882. The average molecular weight is 548 g/mol. The zero-order valence-corrected chi connectivity index (χ0v) is 20.4. The van der Waals surface area contributed by atoms with Crippen LogP contribution in [0.1, 0.15) is 5.69 Å². The van der Waals surface area contributed by atoms with Gasteiger partial charge in [-0.1, -0.05) is 16.9 Å². The highest BCUT2D eigenvalue weighted by atomic mass is 32.2. The first-order chi connectivity index (χ1) is 15.9. The number of nitrogens with two attached hydrogens (primary N) is 2. The number of rotatable bonds is 8. The van der Waals surface area contributed by atoms with Crippen molar-refractivity contribution in [3.63, 3.8) is 0 Å². The van der Waals surface area contributed by atoms with Crippen LogP contribution in [0.4, 0.5) is 5.13 Å². The number of anilines is 1. The molecule has 0 aliphatic carbocycles. The number of amides is 2. The lowest BCUT2D eigenvalue weighted by Crippen LogP contribution is -2.71. The number of β-lactam (4-membered cyclic amide) rings is 1. The van der Waals surface area contributed by atoms with Gasteiger partial charge in [0.05, 0.1) is 6.26 Å². The molecule has 0 saturated carbocycles. The van der Waals surface area contributed by atoms with Gasteiger partial charge in [-0.2, -0.15) is 0 Å². The number of sulfonamides is 1. The minimum atomic E-state index is -3.69. The lowest BCUT2D eigenvalue weighted by atomic mass is 10.0. The number of nitrogens with one attached hydrogen (secondary N) is 1. The lowest BCUT2D eigenvalue weighted by Gasteiger charge is -2.49. The predicted octanol–water partition coefficient (Wildman–Crippen LogP) is -0.837. The molecule has 1 unspecified atom stereocenters. The smallest absolute Gasteiger partial charge is 0.353 e. The summed E-state index contributed by atoms with van der Waals surface area (Å²) >= 11 is 3.18. The van der Waals surface area contributed by atoms with Gasteiger partial charge in [0.25, 0.3) is 21.8 Å². The van der Waals surface area contributed by atoms with Gasteiger partial charge < -0.3 is 27.1 Å². The molecule has 2 aliphatic rings. The number of amidine groups is 1. The Hall–Kier alpha value is -3.09. The second-order valence-electron chi connectivity index (χ2n) is 6.63. The maximum Gasteiger partial charge on any atom is 0.353 e. The highest BCUT2D eigenvalue weighted by Crippen LogP contribution is 2.43. The molecular formula is C16H17N7O7S4. The minimum Gasteiger partial charge on any atom is -0.477 e. The number of nitrogen functional groups attached to an aromatic ring is 1. The van der Waals surface area contributed by atoms with Gasteiger partial charge in [-0.25, -0.2) is 18.2 Å². The number of fused-ring (bicyclic) bond motifs is 1. The van der Waals surface area contributed by atoms with Crippen LogP contribution in [0.3, 0.4) is 0 Å². The van der Waals surface area contributed by atoms with Gasteiger partial charge in [0.2, 0.25) is 0 Å². The molecule has 18 heteroatoms. The third-order valence-corrected chi connectivity index (χ3v) is 7.80. The lowest BCUT2D eigenvalue weighted by molar-refractivity contribution is -0.150. The van der Waals surface area contributed by atoms with Crippen LogP contribution in [0.15, 0.2) is 37.0 Å². The van der Waals surface area contributed by atoms with Crippen LogP contribution in [-0.2, 0) is 24.4 Å².